The molecule has 0 unspecified atom stereocenters. The first-order valence-corrected chi connectivity index (χ1v) is 11.9. The fraction of sp³-hybridized carbons (Fsp3) is 0.185. The highest BCUT2D eigenvalue weighted by Crippen LogP contribution is 2.25. The van der Waals surface area contributed by atoms with Crippen molar-refractivity contribution >= 4 is 23.4 Å². The second-order valence-corrected chi connectivity index (χ2v) is 8.52. The minimum absolute atomic E-state index is 0.147. The van der Waals surface area contributed by atoms with Gasteiger partial charge in [0.1, 0.15) is 11.9 Å². The fourth-order valence-corrected chi connectivity index (χ4v) is 3.66. The van der Waals surface area contributed by atoms with E-state index in [-0.39, 0.29) is 23.0 Å². The summed E-state index contributed by atoms with van der Waals surface area (Å²) >= 11 is 0. The van der Waals surface area contributed by atoms with Crippen molar-refractivity contribution < 1.29 is 23.1 Å². The van der Waals surface area contributed by atoms with E-state index in [1.165, 1.54) is 24.9 Å². The molecule has 200 valence electrons. The first-order chi connectivity index (χ1) is 18.7. The van der Waals surface area contributed by atoms with E-state index in [1.54, 1.807) is 12.1 Å². The van der Waals surface area contributed by atoms with Crippen LogP contribution in [0.2, 0.25) is 0 Å². The van der Waals surface area contributed by atoms with Crippen LogP contribution in [0.3, 0.4) is 0 Å². The summed E-state index contributed by atoms with van der Waals surface area (Å²) in [5.41, 5.74) is 2.60. The topological polar surface area (TPSA) is 124 Å². The minimum Gasteiger partial charge on any atom is -0.441 e. The Morgan fingerprint density at radius 3 is 2.56 bits per heavy atom. The number of ether oxygens (including phenoxy) is 1. The van der Waals surface area contributed by atoms with E-state index >= 15 is 0 Å². The Bertz CT molecular complexity index is 1490. The lowest BCUT2D eigenvalue weighted by Gasteiger charge is -2.15. The van der Waals surface area contributed by atoms with Crippen LogP contribution in [-0.4, -0.2) is 43.5 Å². The van der Waals surface area contributed by atoms with Crippen molar-refractivity contribution in [3.05, 3.63) is 96.0 Å². The second kappa shape index (κ2) is 12.0. The maximum atomic E-state index is 13.9. The standard InChI is InChI=1S/C27H25F2N7O3/c1-16(18-7-5-4-6-8-18)11-12-30-26(37)19-9-10-22(31-14-19)23-25(36(3)35-34-23)33-27(38)39-17(2)21-13-20(28)15-32-24(21)29/h4-10,13-15,17H,1,11-12H2,2-3H3,(H,30,37)(H,33,38)/t17-/m1/s1. The number of carbonyl (C=O) groups excluding carboxylic acids is 2. The van der Waals surface area contributed by atoms with E-state index in [1.807, 2.05) is 30.3 Å². The van der Waals surface area contributed by atoms with Gasteiger partial charge in [-0.1, -0.05) is 42.1 Å². The maximum absolute atomic E-state index is 13.9. The molecule has 0 radical (unpaired) electrons. The van der Waals surface area contributed by atoms with Crippen molar-refractivity contribution in [1.29, 1.82) is 0 Å². The molecule has 3 aromatic heterocycles. The van der Waals surface area contributed by atoms with Gasteiger partial charge in [0.05, 0.1) is 23.0 Å². The van der Waals surface area contributed by atoms with Gasteiger partial charge in [-0.15, -0.1) is 5.10 Å². The lowest BCUT2D eigenvalue weighted by Crippen LogP contribution is -2.24. The van der Waals surface area contributed by atoms with E-state index in [0.717, 1.165) is 23.4 Å². The molecular formula is C27H25F2N7O3. The molecular weight excluding hydrogens is 508 g/mol. The van der Waals surface area contributed by atoms with Gasteiger partial charge in [-0.3, -0.25) is 15.1 Å². The van der Waals surface area contributed by atoms with Crippen LogP contribution in [0.1, 0.15) is 40.9 Å². The van der Waals surface area contributed by atoms with Gasteiger partial charge in [-0.25, -0.2) is 18.9 Å². The third kappa shape index (κ3) is 6.66. The molecule has 0 saturated heterocycles. The number of aryl methyl sites for hydroxylation is 1. The summed E-state index contributed by atoms with van der Waals surface area (Å²) in [5, 5.41) is 13.3. The highest BCUT2D eigenvalue weighted by atomic mass is 19.1. The van der Waals surface area contributed by atoms with Crippen LogP contribution in [0.15, 0.2) is 67.5 Å². The zero-order chi connectivity index (χ0) is 27.9. The van der Waals surface area contributed by atoms with E-state index in [4.69, 9.17) is 4.74 Å². The van der Waals surface area contributed by atoms with Crippen LogP contribution < -0.4 is 10.6 Å². The summed E-state index contributed by atoms with van der Waals surface area (Å²) in [7, 11) is 1.54. The van der Waals surface area contributed by atoms with Gasteiger partial charge in [-0.2, -0.15) is 4.39 Å². The van der Waals surface area contributed by atoms with E-state index < -0.39 is 24.0 Å². The van der Waals surface area contributed by atoms with E-state index in [2.05, 4.69) is 37.5 Å². The van der Waals surface area contributed by atoms with Gasteiger partial charge in [-0.05, 0) is 42.7 Å². The molecule has 4 rings (SSSR count). The molecule has 0 spiro atoms. The first kappa shape index (κ1) is 27.0. The number of halogens is 2. The Kier molecular flexibility index (Phi) is 8.34. The van der Waals surface area contributed by atoms with Crippen LogP contribution in [-0.2, 0) is 11.8 Å². The predicted molar refractivity (Wildman–Crippen MR) is 139 cm³/mol. The predicted octanol–water partition coefficient (Wildman–Crippen LogP) is 4.69. The molecule has 0 saturated carbocycles. The highest BCUT2D eigenvalue weighted by molar-refractivity contribution is 5.94. The number of carbonyl (C=O) groups is 2. The SMILES string of the molecule is C=C(CCNC(=O)c1ccc(-c2nnn(C)c2NC(=O)O[C@H](C)c2cc(F)cnc2F)nc1)c1ccccc1. The van der Waals surface area contributed by atoms with Gasteiger partial charge in [0.25, 0.3) is 5.91 Å². The Balaban J connectivity index is 1.37. The molecule has 1 atom stereocenters. The quantitative estimate of drug-likeness (QED) is 0.299. The molecule has 0 aliphatic carbocycles. The molecule has 0 aliphatic rings. The number of nitrogens with zero attached hydrogens (tertiary/aromatic N) is 5. The summed E-state index contributed by atoms with van der Waals surface area (Å²) in [6.45, 7) is 5.84. The molecule has 3 heterocycles. The Morgan fingerprint density at radius 2 is 1.85 bits per heavy atom. The lowest BCUT2D eigenvalue weighted by molar-refractivity contribution is 0.0954. The van der Waals surface area contributed by atoms with Crippen LogP contribution in [0.4, 0.5) is 19.4 Å². The molecule has 0 fully saturated rings. The molecule has 2 N–H and O–H groups in total. The zero-order valence-electron chi connectivity index (χ0n) is 21.2. The number of rotatable bonds is 9. The summed E-state index contributed by atoms with van der Waals surface area (Å²) in [6.07, 6.45) is 0.622. The molecule has 39 heavy (non-hydrogen) atoms. The van der Waals surface area contributed by atoms with E-state index in [0.29, 0.717) is 24.2 Å². The molecule has 0 bridgehead atoms. The summed E-state index contributed by atoms with van der Waals surface area (Å²) in [5.74, 6) is -1.87. The Hall–Kier alpha value is -5.00. The number of nitrogens with one attached hydrogen (secondary N) is 2. The van der Waals surface area contributed by atoms with Crippen LogP contribution >= 0.6 is 0 Å². The van der Waals surface area contributed by atoms with Crippen LogP contribution in [0.25, 0.3) is 17.0 Å². The monoisotopic (exact) mass is 533 g/mol. The highest BCUT2D eigenvalue weighted by Gasteiger charge is 2.21. The zero-order valence-corrected chi connectivity index (χ0v) is 21.2. The van der Waals surface area contributed by atoms with Crippen molar-refractivity contribution in [2.75, 3.05) is 11.9 Å². The molecule has 2 amide bonds. The van der Waals surface area contributed by atoms with Gasteiger partial charge in [0.15, 0.2) is 11.5 Å². The fourth-order valence-electron chi connectivity index (χ4n) is 3.66. The van der Waals surface area contributed by atoms with Gasteiger partial charge < -0.3 is 10.1 Å². The third-order valence-electron chi connectivity index (χ3n) is 5.76. The number of benzene rings is 1. The van der Waals surface area contributed by atoms with Gasteiger partial charge in [0.2, 0.25) is 5.95 Å². The van der Waals surface area contributed by atoms with Crippen molar-refractivity contribution in [2.45, 2.75) is 19.4 Å². The Labute approximate surface area is 222 Å². The molecule has 1 aromatic carbocycles. The Morgan fingerprint density at radius 1 is 1.08 bits per heavy atom. The van der Waals surface area contributed by atoms with Crippen molar-refractivity contribution in [2.24, 2.45) is 7.05 Å². The van der Waals surface area contributed by atoms with Crippen molar-refractivity contribution in [3.8, 4) is 11.4 Å². The average molecular weight is 534 g/mol. The van der Waals surface area contributed by atoms with Crippen molar-refractivity contribution in [3.63, 3.8) is 0 Å². The second-order valence-electron chi connectivity index (χ2n) is 8.52. The van der Waals surface area contributed by atoms with Gasteiger partial charge in [0, 0.05) is 19.8 Å². The molecule has 12 heteroatoms. The number of hydrogen-bond acceptors (Lipinski definition) is 7. The van der Waals surface area contributed by atoms with Crippen LogP contribution in [0, 0.1) is 11.8 Å². The maximum Gasteiger partial charge on any atom is 0.413 e. The number of anilines is 1. The van der Waals surface area contributed by atoms with Crippen LogP contribution in [0.5, 0.6) is 0 Å². The molecule has 0 aliphatic heterocycles. The summed E-state index contributed by atoms with van der Waals surface area (Å²) < 4.78 is 33.8. The summed E-state index contributed by atoms with van der Waals surface area (Å²) in [6, 6.07) is 13.8. The normalized spacial score (nSPS) is 11.5. The van der Waals surface area contributed by atoms with Crippen molar-refractivity contribution in [1.82, 2.24) is 30.3 Å². The lowest BCUT2D eigenvalue weighted by atomic mass is 10.0. The smallest absolute Gasteiger partial charge is 0.413 e. The first-order valence-electron chi connectivity index (χ1n) is 11.9. The molecule has 10 nitrogen and oxygen atoms in total. The minimum atomic E-state index is -1.13. The summed E-state index contributed by atoms with van der Waals surface area (Å²) in [4.78, 5) is 32.6. The number of amides is 2. The number of aromatic nitrogens is 5. The molecule has 4 aromatic rings. The average Bonchev–Trinajstić information content (AvgIpc) is 3.29. The number of hydrogen-bond donors (Lipinski definition) is 2. The van der Waals surface area contributed by atoms with E-state index in [9.17, 15) is 18.4 Å². The number of pyridine rings is 2. The third-order valence-corrected chi connectivity index (χ3v) is 5.76. The van der Waals surface area contributed by atoms with Gasteiger partial charge >= 0.3 is 6.09 Å². The largest absolute Gasteiger partial charge is 0.441 e.